The van der Waals surface area contributed by atoms with Gasteiger partial charge in [0.05, 0.1) is 6.54 Å². The smallest absolute Gasteiger partial charge is 0.243 e. The van der Waals surface area contributed by atoms with Crippen LogP contribution in [0.25, 0.3) is 0 Å². The number of hydrogen-bond donors (Lipinski definition) is 3. The molecule has 3 N–H and O–H groups in total. The van der Waals surface area contributed by atoms with E-state index in [-0.39, 0.29) is 24.3 Å². The van der Waals surface area contributed by atoms with Gasteiger partial charge in [-0.15, -0.1) is 0 Å². The second-order valence-electron chi connectivity index (χ2n) is 5.64. The van der Waals surface area contributed by atoms with Gasteiger partial charge >= 0.3 is 0 Å². The molecule has 0 bridgehead atoms. The second-order valence-corrected chi connectivity index (χ2v) is 6.55. The summed E-state index contributed by atoms with van der Waals surface area (Å²) < 4.78 is 0.946. The Hall–Kier alpha value is -2.34. The Morgan fingerprint density at radius 1 is 0.958 bits per heavy atom. The molecule has 2 aromatic carbocycles. The minimum absolute atomic E-state index is 0.0604. The number of amides is 2. The highest BCUT2D eigenvalue weighted by Crippen LogP contribution is 2.17. The summed E-state index contributed by atoms with van der Waals surface area (Å²) in [6.45, 7) is 3.81. The summed E-state index contributed by atoms with van der Waals surface area (Å²) in [5.41, 5.74) is 2.15. The highest BCUT2D eigenvalue weighted by Gasteiger charge is 2.08. The molecule has 0 aliphatic rings. The van der Waals surface area contributed by atoms with E-state index in [1.54, 1.807) is 24.3 Å². The van der Waals surface area contributed by atoms with Crippen molar-refractivity contribution in [2.75, 3.05) is 22.5 Å². The number of benzene rings is 2. The molecule has 0 radical (unpaired) electrons. The van der Waals surface area contributed by atoms with Gasteiger partial charge in [0.1, 0.15) is 0 Å². The van der Waals surface area contributed by atoms with Crippen molar-refractivity contribution in [2.45, 2.75) is 13.8 Å². The molecule has 0 aliphatic heterocycles. The second kappa shape index (κ2) is 8.49. The van der Waals surface area contributed by atoms with Crippen LogP contribution in [0, 0.1) is 5.92 Å². The van der Waals surface area contributed by atoms with Crippen molar-refractivity contribution in [3.8, 4) is 0 Å². The average Bonchev–Trinajstić information content (AvgIpc) is 2.53. The van der Waals surface area contributed by atoms with Crippen molar-refractivity contribution in [1.29, 1.82) is 0 Å². The summed E-state index contributed by atoms with van der Waals surface area (Å²) in [6, 6.07) is 14.7. The number of carbonyl (C=O) groups excluding carboxylic acids is 2. The van der Waals surface area contributed by atoms with Crippen LogP contribution in [0.1, 0.15) is 13.8 Å². The zero-order chi connectivity index (χ0) is 17.5. The SMILES string of the molecule is CC(C)C(=O)Nc1cccc(NC(=O)CNc2cccc(Br)c2)c1. The first kappa shape index (κ1) is 18.0. The normalized spacial score (nSPS) is 10.3. The molecule has 0 heterocycles. The van der Waals surface area contributed by atoms with Gasteiger partial charge in [0.2, 0.25) is 11.8 Å². The molecular weight excluding hydrogens is 370 g/mol. The first-order chi connectivity index (χ1) is 11.4. The van der Waals surface area contributed by atoms with Crippen molar-refractivity contribution in [1.82, 2.24) is 0 Å². The summed E-state index contributed by atoms with van der Waals surface area (Å²) in [5.74, 6) is -0.324. The van der Waals surface area contributed by atoms with E-state index in [1.807, 2.05) is 38.1 Å². The van der Waals surface area contributed by atoms with E-state index in [0.717, 1.165) is 10.2 Å². The van der Waals surface area contributed by atoms with Crippen LogP contribution in [0.4, 0.5) is 17.1 Å². The first-order valence-corrected chi connectivity index (χ1v) is 8.43. The molecule has 0 unspecified atom stereocenters. The van der Waals surface area contributed by atoms with E-state index in [1.165, 1.54) is 0 Å². The van der Waals surface area contributed by atoms with Crippen molar-refractivity contribution in [2.24, 2.45) is 5.92 Å². The Bertz CT molecular complexity index is 732. The van der Waals surface area contributed by atoms with Crippen LogP contribution in [-0.2, 0) is 9.59 Å². The monoisotopic (exact) mass is 389 g/mol. The van der Waals surface area contributed by atoms with Crippen molar-refractivity contribution >= 4 is 44.8 Å². The molecule has 0 atom stereocenters. The van der Waals surface area contributed by atoms with Crippen molar-refractivity contribution in [3.05, 3.63) is 53.0 Å². The molecule has 2 amide bonds. The third kappa shape index (κ3) is 5.70. The molecule has 126 valence electrons. The highest BCUT2D eigenvalue weighted by molar-refractivity contribution is 9.10. The minimum Gasteiger partial charge on any atom is -0.376 e. The summed E-state index contributed by atoms with van der Waals surface area (Å²) >= 11 is 3.39. The molecule has 0 spiro atoms. The van der Waals surface area contributed by atoms with Gasteiger partial charge in [-0.05, 0) is 36.4 Å². The third-order valence-electron chi connectivity index (χ3n) is 3.22. The van der Waals surface area contributed by atoms with E-state index in [9.17, 15) is 9.59 Å². The van der Waals surface area contributed by atoms with E-state index >= 15 is 0 Å². The minimum atomic E-state index is -0.165. The third-order valence-corrected chi connectivity index (χ3v) is 3.71. The van der Waals surface area contributed by atoms with Crippen LogP contribution in [0.5, 0.6) is 0 Å². The number of rotatable bonds is 6. The molecule has 2 aromatic rings. The largest absolute Gasteiger partial charge is 0.376 e. The van der Waals surface area contributed by atoms with E-state index in [4.69, 9.17) is 0 Å². The quantitative estimate of drug-likeness (QED) is 0.696. The molecule has 0 aromatic heterocycles. The lowest BCUT2D eigenvalue weighted by atomic mass is 10.2. The lowest BCUT2D eigenvalue weighted by Crippen LogP contribution is -2.22. The van der Waals surface area contributed by atoms with Crippen LogP contribution < -0.4 is 16.0 Å². The van der Waals surface area contributed by atoms with Gasteiger partial charge in [-0.3, -0.25) is 9.59 Å². The Morgan fingerprint density at radius 3 is 2.25 bits per heavy atom. The van der Waals surface area contributed by atoms with E-state index in [2.05, 4.69) is 31.9 Å². The first-order valence-electron chi connectivity index (χ1n) is 7.64. The fraction of sp³-hybridized carbons (Fsp3) is 0.222. The lowest BCUT2D eigenvalue weighted by Gasteiger charge is -2.11. The van der Waals surface area contributed by atoms with Gasteiger partial charge in [0, 0.05) is 27.5 Å². The summed E-state index contributed by atoms with van der Waals surface area (Å²) in [7, 11) is 0. The molecule has 5 nitrogen and oxygen atoms in total. The standard InChI is InChI=1S/C18H20BrN3O2/c1-12(2)18(24)22-16-8-4-7-15(10-16)21-17(23)11-20-14-6-3-5-13(19)9-14/h3-10,12,20H,11H2,1-2H3,(H,21,23)(H,22,24). The zero-order valence-electron chi connectivity index (χ0n) is 13.6. The van der Waals surface area contributed by atoms with Crippen molar-refractivity contribution in [3.63, 3.8) is 0 Å². The van der Waals surface area contributed by atoms with Crippen LogP contribution in [0.3, 0.4) is 0 Å². The maximum atomic E-state index is 12.0. The Kier molecular flexibility index (Phi) is 6.37. The Labute approximate surface area is 150 Å². The van der Waals surface area contributed by atoms with Crippen LogP contribution in [0.15, 0.2) is 53.0 Å². The fourth-order valence-corrected chi connectivity index (χ4v) is 2.35. The molecule has 2 rings (SSSR count). The van der Waals surface area contributed by atoms with Crippen molar-refractivity contribution < 1.29 is 9.59 Å². The fourth-order valence-electron chi connectivity index (χ4n) is 1.95. The number of halogens is 1. The highest BCUT2D eigenvalue weighted by atomic mass is 79.9. The maximum Gasteiger partial charge on any atom is 0.243 e. The molecular formula is C18H20BrN3O2. The summed E-state index contributed by atoms with van der Waals surface area (Å²) in [5, 5.41) is 8.67. The van der Waals surface area contributed by atoms with Gasteiger partial charge in [-0.25, -0.2) is 0 Å². The number of carbonyl (C=O) groups is 2. The zero-order valence-corrected chi connectivity index (χ0v) is 15.2. The summed E-state index contributed by atoms with van der Waals surface area (Å²) in [4.78, 5) is 23.8. The molecule has 0 saturated heterocycles. The molecule has 0 fully saturated rings. The number of nitrogens with one attached hydrogen (secondary N) is 3. The predicted octanol–water partition coefficient (Wildman–Crippen LogP) is 4.09. The van der Waals surface area contributed by atoms with E-state index < -0.39 is 0 Å². The topological polar surface area (TPSA) is 70.2 Å². The van der Waals surface area contributed by atoms with Crippen LogP contribution >= 0.6 is 15.9 Å². The molecule has 24 heavy (non-hydrogen) atoms. The van der Waals surface area contributed by atoms with Gasteiger partial charge < -0.3 is 16.0 Å². The van der Waals surface area contributed by atoms with Gasteiger partial charge in [-0.1, -0.05) is 41.9 Å². The van der Waals surface area contributed by atoms with Gasteiger partial charge in [-0.2, -0.15) is 0 Å². The average molecular weight is 390 g/mol. The predicted molar refractivity (Wildman–Crippen MR) is 101 cm³/mol. The van der Waals surface area contributed by atoms with Gasteiger partial charge in [0.25, 0.3) is 0 Å². The summed E-state index contributed by atoms with van der Waals surface area (Å²) in [6.07, 6.45) is 0. The lowest BCUT2D eigenvalue weighted by molar-refractivity contribution is -0.119. The molecule has 6 heteroatoms. The Morgan fingerprint density at radius 2 is 1.58 bits per heavy atom. The van der Waals surface area contributed by atoms with E-state index in [0.29, 0.717) is 11.4 Å². The maximum absolute atomic E-state index is 12.0. The van der Waals surface area contributed by atoms with Crippen LogP contribution in [-0.4, -0.2) is 18.4 Å². The molecule has 0 saturated carbocycles. The van der Waals surface area contributed by atoms with Crippen LogP contribution in [0.2, 0.25) is 0 Å². The Balaban J connectivity index is 1.90. The molecule has 0 aliphatic carbocycles. The number of hydrogen-bond acceptors (Lipinski definition) is 3. The number of anilines is 3. The van der Waals surface area contributed by atoms with Gasteiger partial charge in [0.15, 0.2) is 0 Å².